The molecular weight excluding hydrogens is 538 g/mol. The van der Waals surface area contributed by atoms with Crippen molar-refractivity contribution in [2.45, 2.75) is 53.2 Å². The molecule has 0 spiro atoms. The molecule has 0 radical (unpaired) electrons. The van der Waals surface area contributed by atoms with Crippen molar-refractivity contribution in [1.82, 2.24) is 5.32 Å². The van der Waals surface area contributed by atoms with Gasteiger partial charge in [-0.3, -0.25) is 14.9 Å². The van der Waals surface area contributed by atoms with E-state index in [9.17, 15) is 14.9 Å². The predicted molar refractivity (Wildman–Crippen MR) is 160 cm³/mol. The van der Waals surface area contributed by atoms with Gasteiger partial charge in [0.25, 0.3) is 11.6 Å². The lowest BCUT2D eigenvalue weighted by Gasteiger charge is -2.33. The Morgan fingerprint density at radius 2 is 1.95 bits per heavy atom. The van der Waals surface area contributed by atoms with Gasteiger partial charge in [-0.15, -0.1) is 11.3 Å². The number of carbonyl (C=O) groups is 1. The van der Waals surface area contributed by atoms with Gasteiger partial charge < -0.3 is 14.5 Å². The fraction of sp³-hybridized carbons (Fsp3) is 0.312. The van der Waals surface area contributed by atoms with Crippen LogP contribution in [-0.4, -0.2) is 17.0 Å². The molecule has 1 aliphatic rings. The molecule has 4 aromatic rings. The van der Waals surface area contributed by atoms with Gasteiger partial charge >= 0.3 is 0 Å². The van der Waals surface area contributed by atoms with Gasteiger partial charge in [0.1, 0.15) is 23.1 Å². The topological polar surface area (TPSA) is 107 Å². The standard InChI is InChI=1S/C32H33N3O5S/c1-32(2,3)23-12-15-26-28(17-23)41-31(29(26)30(36)33-19-25-8-6-16-39-25)34-18-22-7-4-5-9-27(22)40-20-21-10-13-24(14-11-21)35(37)38/h4-11,13-14,16,18,23H,12,15,17,19-20H2,1-3H3,(H,33,36)/t23-/m0/s1. The number of carbonyl (C=O) groups excluding carboxylic acids is 1. The van der Waals surface area contributed by atoms with Crippen molar-refractivity contribution >= 4 is 34.1 Å². The van der Waals surface area contributed by atoms with Crippen molar-refractivity contribution in [3.05, 3.63) is 110 Å². The summed E-state index contributed by atoms with van der Waals surface area (Å²) in [5.41, 5.74) is 3.56. The molecule has 2 heterocycles. The molecule has 2 aromatic carbocycles. The average molecular weight is 572 g/mol. The normalized spacial score (nSPS) is 15.0. The third kappa shape index (κ3) is 6.74. The Morgan fingerprint density at radius 1 is 1.17 bits per heavy atom. The number of furan rings is 1. The highest BCUT2D eigenvalue weighted by Gasteiger charge is 2.33. The van der Waals surface area contributed by atoms with Crippen molar-refractivity contribution in [3.63, 3.8) is 0 Å². The second kappa shape index (κ2) is 12.1. The minimum absolute atomic E-state index is 0.0396. The Hall–Kier alpha value is -4.24. The fourth-order valence-corrected chi connectivity index (χ4v) is 6.30. The van der Waals surface area contributed by atoms with Crippen LogP contribution in [0.25, 0.3) is 0 Å². The predicted octanol–water partition coefficient (Wildman–Crippen LogP) is 7.66. The van der Waals surface area contributed by atoms with E-state index in [0.717, 1.165) is 36.0 Å². The van der Waals surface area contributed by atoms with Gasteiger partial charge in [-0.1, -0.05) is 32.9 Å². The van der Waals surface area contributed by atoms with E-state index < -0.39 is 4.92 Å². The molecule has 41 heavy (non-hydrogen) atoms. The molecule has 0 fully saturated rings. The minimum Gasteiger partial charge on any atom is -0.488 e. The van der Waals surface area contributed by atoms with E-state index in [4.69, 9.17) is 14.1 Å². The van der Waals surface area contributed by atoms with Crippen molar-refractivity contribution in [2.75, 3.05) is 0 Å². The van der Waals surface area contributed by atoms with Crippen LogP contribution in [0.1, 0.15) is 64.9 Å². The zero-order chi connectivity index (χ0) is 29.0. The number of benzene rings is 2. The molecule has 0 saturated carbocycles. The summed E-state index contributed by atoms with van der Waals surface area (Å²) in [7, 11) is 0. The molecule has 0 unspecified atom stereocenters. The van der Waals surface area contributed by atoms with E-state index in [1.807, 2.05) is 30.3 Å². The summed E-state index contributed by atoms with van der Waals surface area (Å²) >= 11 is 1.59. The van der Waals surface area contributed by atoms with Gasteiger partial charge in [-0.2, -0.15) is 0 Å². The number of nitrogens with one attached hydrogen (secondary N) is 1. The van der Waals surface area contributed by atoms with Crippen LogP contribution in [-0.2, 0) is 26.0 Å². The number of nitrogens with zero attached hydrogens (tertiary/aromatic N) is 2. The van der Waals surface area contributed by atoms with Crippen LogP contribution in [0.4, 0.5) is 10.7 Å². The highest BCUT2D eigenvalue weighted by atomic mass is 32.1. The lowest BCUT2D eigenvalue weighted by Crippen LogP contribution is -2.28. The van der Waals surface area contributed by atoms with Crippen LogP contribution in [0.3, 0.4) is 0 Å². The molecule has 1 amide bonds. The Balaban J connectivity index is 1.39. The smallest absolute Gasteiger partial charge is 0.269 e. The largest absolute Gasteiger partial charge is 0.488 e. The highest BCUT2D eigenvalue weighted by molar-refractivity contribution is 7.16. The number of amides is 1. The van der Waals surface area contributed by atoms with Crippen LogP contribution in [0.5, 0.6) is 5.75 Å². The number of thiophene rings is 1. The summed E-state index contributed by atoms with van der Waals surface area (Å²) in [4.78, 5) is 30.1. The Kier molecular flexibility index (Phi) is 8.35. The van der Waals surface area contributed by atoms with Crippen molar-refractivity contribution < 1.29 is 18.9 Å². The molecule has 2 aromatic heterocycles. The molecule has 1 aliphatic carbocycles. The number of fused-ring (bicyclic) bond motifs is 1. The van der Waals surface area contributed by atoms with Crippen molar-refractivity contribution in [1.29, 1.82) is 0 Å². The lowest BCUT2D eigenvalue weighted by atomic mass is 9.72. The number of hydrogen-bond acceptors (Lipinski definition) is 7. The number of para-hydroxylation sites is 1. The zero-order valence-electron chi connectivity index (χ0n) is 23.4. The van der Waals surface area contributed by atoms with E-state index in [2.05, 4.69) is 26.1 Å². The summed E-state index contributed by atoms with van der Waals surface area (Å²) in [5, 5.41) is 14.6. The Morgan fingerprint density at radius 3 is 2.66 bits per heavy atom. The summed E-state index contributed by atoms with van der Waals surface area (Å²) in [5.74, 6) is 1.72. The molecule has 212 valence electrons. The summed E-state index contributed by atoms with van der Waals surface area (Å²) in [6.45, 7) is 7.40. The summed E-state index contributed by atoms with van der Waals surface area (Å²) in [6, 6.07) is 17.5. The van der Waals surface area contributed by atoms with Crippen LogP contribution in [0.2, 0.25) is 0 Å². The summed E-state index contributed by atoms with van der Waals surface area (Å²) < 4.78 is 11.5. The molecule has 0 aliphatic heterocycles. The molecule has 0 bridgehead atoms. The van der Waals surface area contributed by atoms with Crippen LogP contribution in [0.15, 0.2) is 76.3 Å². The molecule has 0 saturated heterocycles. The maximum atomic E-state index is 13.5. The second-order valence-electron chi connectivity index (χ2n) is 11.3. The Bertz CT molecular complexity index is 1550. The van der Waals surface area contributed by atoms with Crippen molar-refractivity contribution in [2.24, 2.45) is 16.3 Å². The van der Waals surface area contributed by atoms with Gasteiger partial charge in [0.05, 0.1) is 23.3 Å². The van der Waals surface area contributed by atoms with Gasteiger partial charge in [-0.25, -0.2) is 4.99 Å². The van der Waals surface area contributed by atoms with Gasteiger partial charge in [0, 0.05) is 28.8 Å². The first kappa shape index (κ1) is 28.3. The monoisotopic (exact) mass is 571 g/mol. The average Bonchev–Trinajstić information content (AvgIpc) is 3.61. The molecule has 1 N–H and O–H groups in total. The maximum Gasteiger partial charge on any atom is 0.269 e. The number of hydrogen-bond donors (Lipinski definition) is 1. The summed E-state index contributed by atoms with van der Waals surface area (Å²) in [6.07, 6.45) is 6.16. The number of rotatable bonds is 9. The molecule has 5 rings (SSSR count). The van der Waals surface area contributed by atoms with Gasteiger partial charge in [0.2, 0.25) is 0 Å². The molecule has 9 heteroatoms. The Labute approximate surface area is 243 Å². The number of non-ortho nitro benzene ring substituents is 1. The third-order valence-electron chi connectivity index (χ3n) is 7.48. The van der Waals surface area contributed by atoms with Crippen LogP contribution in [0, 0.1) is 21.4 Å². The van der Waals surface area contributed by atoms with E-state index in [0.29, 0.717) is 34.5 Å². The first-order valence-electron chi connectivity index (χ1n) is 13.6. The lowest BCUT2D eigenvalue weighted by molar-refractivity contribution is -0.384. The van der Waals surface area contributed by atoms with Crippen LogP contribution >= 0.6 is 11.3 Å². The first-order chi connectivity index (χ1) is 19.7. The second-order valence-corrected chi connectivity index (χ2v) is 12.3. The number of nitro benzene ring substituents is 1. The molecule has 8 nitrogen and oxygen atoms in total. The zero-order valence-corrected chi connectivity index (χ0v) is 24.2. The van der Waals surface area contributed by atoms with E-state index in [-0.39, 0.29) is 23.6 Å². The van der Waals surface area contributed by atoms with E-state index >= 15 is 0 Å². The highest BCUT2D eigenvalue weighted by Crippen LogP contribution is 2.45. The number of aliphatic imine (C=N–C) groups is 1. The van der Waals surface area contributed by atoms with Crippen molar-refractivity contribution in [3.8, 4) is 5.75 Å². The SMILES string of the molecule is CC(C)(C)[C@H]1CCc2c(sc(N=Cc3ccccc3OCc3ccc([N+](=O)[O-])cc3)c2C(=O)NCc2ccco2)C1. The number of nitro groups is 1. The van der Waals surface area contributed by atoms with E-state index in [1.54, 1.807) is 42.0 Å². The molecule has 1 atom stereocenters. The van der Waals surface area contributed by atoms with Crippen LogP contribution < -0.4 is 10.1 Å². The quantitative estimate of drug-likeness (QED) is 0.126. The minimum atomic E-state index is -0.423. The fourth-order valence-electron chi connectivity index (χ4n) is 5.03. The first-order valence-corrected chi connectivity index (χ1v) is 14.4. The van der Waals surface area contributed by atoms with E-state index in [1.165, 1.54) is 17.0 Å². The van der Waals surface area contributed by atoms with Gasteiger partial charge in [-0.05, 0) is 78.1 Å². The molecular formula is C32H33N3O5S. The van der Waals surface area contributed by atoms with Gasteiger partial charge in [0.15, 0.2) is 0 Å². The third-order valence-corrected chi connectivity index (χ3v) is 8.65. The maximum absolute atomic E-state index is 13.5. The number of ether oxygens (including phenoxy) is 1.